The minimum Gasteiger partial charge on any atom is -0.422 e. The number of para-hydroxylation sites is 1. The van der Waals surface area contributed by atoms with Crippen LogP contribution in [0.25, 0.3) is 11.3 Å². The zero-order chi connectivity index (χ0) is 22.6. The van der Waals surface area contributed by atoms with Crippen molar-refractivity contribution in [1.82, 2.24) is 14.5 Å². The van der Waals surface area contributed by atoms with Gasteiger partial charge >= 0.3 is 6.01 Å². The van der Waals surface area contributed by atoms with Crippen LogP contribution < -0.4 is 10.3 Å². The standard InChI is InChI=1S/C22H24ClN3O4S/c1-4-5-11-31(28,29)14-17-12-19(16-9-10-20(27)26(3)13-16)25-22(24-17)30-21-15(2)7-6-8-18(21)23/h6-10,12-13H,4-5,11,14H2,1-3H3. The van der Waals surface area contributed by atoms with Crippen molar-refractivity contribution in [2.45, 2.75) is 32.4 Å². The predicted octanol–water partition coefficient (Wildman–Crippen LogP) is 4.31. The molecule has 0 aliphatic rings. The van der Waals surface area contributed by atoms with Gasteiger partial charge in [0.15, 0.2) is 15.6 Å². The van der Waals surface area contributed by atoms with E-state index in [1.807, 2.05) is 19.9 Å². The molecule has 3 aromatic rings. The van der Waals surface area contributed by atoms with Crippen LogP contribution in [0.4, 0.5) is 0 Å². The summed E-state index contributed by atoms with van der Waals surface area (Å²) in [5.74, 6) is 0.260. The number of benzene rings is 1. The fourth-order valence-electron chi connectivity index (χ4n) is 2.99. The van der Waals surface area contributed by atoms with E-state index in [2.05, 4.69) is 9.97 Å². The van der Waals surface area contributed by atoms with E-state index in [1.54, 1.807) is 37.5 Å². The summed E-state index contributed by atoms with van der Waals surface area (Å²) in [6.45, 7) is 3.78. The average Bonchev–Trinajstić information content (AvgIpc) is 2.71. The molecule has 0 bridgehead atoms. The lowest BCUT2D eigenvalue weighted by molar-refractivity contribution is 0.438. The molecular formula is C22H24ClN3O4S. The highest BCUT2D eigenvalue weighted by Gasteiger charge is 2.17. The Morgan fingerprint density at radius 2 is 1.94 bits per heavy atom. The highest BCUT2D eigenvalue weighted by Crippen LogP contribution is 2.32. The van der Waals surface area contributed by atoms with Crippen molar-refractivity contribution >= 4 is 21.4 Å². The lowest BCUT2D eigenvalue weighted by Gasteiger charge is -2.12. The number of halogens is 1. The second-order valence-electron chi connectivity index (χ2n) is 7.33. The van der Waals surface area contributed by atoms with E-state index in [-0.39, 0.29) is 23.1 Å². The maximum absolute atomic E-state index is 12.5. The van der Waals surface area contributed by atoms with Gasteiger partial charge in [-0.1, -0.05) is 37.1 Å². The molecule has 9 heteroatoms. The SMILES string of the molecule is CCCCS(=O)(=O)Cc1cc(-c2ccc(=O)n(C)c2)nc(Oc2c(C)cccc2Cl)n1. The Kier molecular flexibility index (Phi) is 7.12. The zero-order valence-corrected chi connectivity index (χ0v) is 19.2. The minimum absolute atomic E-state index is 0.0109. The molecule has 3 rings (SSSR count). The molecule has 0 N–H and O–H groups in total. The lowest BCUT2D eigenvalue weighted by atomic mass is 10.2. The predicted molar refractivity (Wildman–Crippen MR) is 121 cm³/mol. The van der Waals surface area contributed by atoms with E-state index in [4.69, 9.17) is 16.3 Å². The molecule has 164 valence electrons. The third-order valence-corrected chi connectivity index (χ3v) is 6.62. The molecule has 0 saturated heterocycles. The monoisotopic (exact) mass is 461 g/mol. The molecule has 0 aliphatic heterocycles. The molecular weight excluding hydrogens is 438 g/mol. The van der Waals surface area contributed by atoms with Crippen LogP contribution in [0.5, 0.6) is 11.8 Å². The van der Waals surface area contributed by atoms with Crippen LogP contribution in [-0.4, -0.2) is 28.7 Å². The second kappa shape index (κ2) is 9.62. The van der Waals surface area contributed by atoms with Gasteiger partial charge in [0.05, 0.1) is 27.9 Å². The van der Waals surface area contributed by atoms with Gasteiger partial charge in [-0.3, -0.25) is 4.79 Å². The molecule has 0 fully saturated rings. The number of sulfone groups is 1. The van der Waals surface area contributed by atoms with Crippen molar-refractivity contribution in [1.29, 1.82) is 0 Å². The summed E-state index contributed by atoms with van der Waals surface area (Å²) in [4.78, 5) is 20.5. The fraction of sp³-hybridized carbons (Fsp3) is 0.318. The van der Waals surface area contributed by atoms with Gasteiger partial charge in [0.25, 0.3) is 0 Å². The Morgan fingerprint density at radius 1 is 1.16 bits per heavy atom. The number of rotatable bonds is 8. The quantitative estimate of drug-likeness (QED) is 0.496. The van der Waals surface area contributed by atoms with Gasteiger partial charge in [-0.25, -0.2) is 8.42 Å². The highest BCUT2D eigenvalue weighted by molar-refractivity contribution is 7.90. The number of unbranched alkanes of at least 4 members (excludes halogenated alkanes) is 1. The smallest absolute Gasteiger partial charge is 0.322 e. The van der Waals surface area contributed by atoms with Crippen molar-refractivity contribution < 1.29 is 13.2 Å². The molecule has 0 spiro atoms. The molecule has 31 heavy (non-hydrogen) atoms. The van der Waals surface area contributed by atoms with Crippen LogP contribution in [-0.2, 0) is 22.6 Å². The number of nitrogens with zero attached hydrogens (tertiary/aromatic N) is 3. The van der Waals surface area contributed by atoms with Crippen molar-refractivity contribution in [3.8, 4) is 23.0 Å². The van der Waals surface area contributed by atoms with Gasteiger partial charge in [-0.15, -0.1) is 0 Å². The third-order valence-electron chi connectivity index (χ3n) is 4.67. The number of hydrogen-bond acceptors (Lipinski definition) is 6. The third kappa shape index (κ3) is 5.92. The molecule has 1 aromatic carbocycles. The first-order valence-corrected chi connectivity index (χ1v) is 12.1. The van der Waals surface area contributed by atoms with E-state index in [0.29, 0.717) is 34.1 Å². The molecule has 0 amide bonds. The summed E-state index contributed by atoms with van der Waals surface area (Å²) >= 11 is 6.26. The van der Waals surface area contributed by atoms with Gasteiger partial charge < -0.3 is 9.30 Å². The van der Waals surface area contributed by atoms with E-state index in [1.165, 1.54) is 10.6 Å². The van der Waals surface area contributed by atoms with Crippen molar-refractivity contribution in [2.24, 2.45) is 7.05 Å². The molecule has 2 aromatic heterocycles. The molecule has 0 unspecified atom stereocenters. The molecule has 0 saturated carbocycles. The number of hydrogen-bond donors (Lipinski definition) is 0. The van der Waals surface area contributed by atoms with Crippen LogP contribution in [0.2, 0.25) is 5.02 Å². The maximum Gasteiger partial charge on any atom is 0.322 e. The van der Waals surface area contributed by atoms with Gasteiger partial charge in [0, 0.05) is 24.9 Å². The first-order valence-electron chi connectivity index (χ1n) is 9.87. The molecule has 0 atom stereocenters. The highest BCUT2D eigenvalue weighted by atomic mass is 35.5. The first-order chi connectivity index (χ1) is 14.7. The number of aromatic nitrogens is 3. The van der Waals surface area contributed by atoms with Crippen LogP contribution in [0, 0.1) is 6.92 Å². The number of aryl methyl sites for hydroxylation is 2. The van der Waals surface area contributed by atoms with Crippen LogP contribution in [0.3, 0.4) is 0 Å². The summed E-state index contributed by atoms with van der Waals surface area (Å²) in [5, 5.41) is 0.397. The van der Waals surface area contributed by atoms with Gasteiger partial charge in [0.1, 0.15) is 0 Å². The van der Waals surface area contributed by atoms with Gasteiger partial charge in [0.2, 0.25) is 5.56 Å². The normalized spacial score (nSPS) is 11.5. The lowest BCUT2D eigenvalue weighted by Crippen LogP contribution is -2.14. The minimum atomic E-state index is -3.34. The van der Waals surface area contributed by atoms with E-state index < -0.39 is 9.84 Å². The van der Waals surface area contributed by atoms with Crippen LogP contribution >= 0.6 is 11.6 Å². The second-order valence-corrected chi connectivity index (χ2v) is 9.92. The Hall–Kier alpha value is -2.71. The van der Waals surface area contributed by atoms with Gasteiger partial charge in [-0.05, 0) is 37.1 Å². The topological polar surface area (TPSA) is 91.2 Å². The average molecular weight is 462 g/mol. The first kappa shape index (κ1) is 23.0. The largest absolute Gasteiger partial charge is 0.422 e. The van der Waals surface area contributed by atoms with Gasteiger partial charge in [-0.2, -0.15) is 9.97 Å². The van der Waals surface area contributed by atoms with Crippen molar-refractivity contribution in [2.75, 3.05) is 5.75 Å². The number of pyridine rings is 1. The molecule has 7 nitrogen and oxygen atoms in total. The van der Waals surface area contributed by atoms with Crippen LogP contribution in [0.15, 0.2) is 47.4 Å². The summed E-state index contributed by atoms with van der Waals surface area (Å²) in [5.41, 5.74) is 2.03. The molecule has 0 radical (unpaired) electrons. The zero-order valence-electron chi connectivity index (χ0n) is 17.6. The van der Waals surface area contributed by atoms with E-state index in [9.17, 15) is 13.2 Å². The summed E-state index contributed by atoms with van der Waals surface area (Å²) in [7, 11) is -1.71. The summed E-state index contributed by atoms with van der Waals surface area (Å²) < 4.78 is 32.3. The van der Waals surface area contributed by atoms with Crippen molar-refractivity contribution in [3.05, 3.63) is 69.2 Å². The summed E-state index contributed by atoms with van der Waals surface area (Å²) in [6, 6.07) is 9.99. The Morgan fingerprint density at radius 3 is 2.61 bits per heavy atom. The van der Waals surface area contributed by atoms with Crippen molar-refractivity contribution in [3.63, 3.8) is 0 Å². The Balaban J connectivity index is 2.07. The molecule has 0 aliphatic carbocycles. The molecule has 2 heterocycles. The van der Waals surface area contributed by atoms with Crippen LogP contribution in [0.1, 0.15) is 31.0 Å². The van der Waals surface area contributed by atoms with E-state index in [0.717, 1.165) is 12.0 Å². The number of ether oxygens (including phenoxy) is 1. The Bertz CT molecular complexity index is 1240. The Labute approximate surface area is 186 Å². The summed E-state index contributed by atoms with van der Waals surface area (Å²) in [6.07, 6.45) is 3.00. The maximum atomic E-state index is 12.5. The fourth-order valence-corrected chi connectivity index (χ4v) is 4.72. The van der Waals surface area contributed by atoms with E-state index >= 15 is 0 Å².